The molecule has 0 atom stereocenters. The van der Waals surface area contributed by atoms with Crippen LogP contribution in [0.1, 0.15) is 13.3 Å². The van der Waals surface area contributed by atoms with Gasteiger partial charge in [-0.2, -0.15) is 0 Å². The largest absolute Gasteiger partial charge is 0.481 e. The van der Waals surface area contributed by atoms with Gasteiger partial charge in [-0.3, -0.25) is 20.9 Å². The highest BCUT2D eigenvalue weighted by Crippen LogP contribution is 1.67. The summed E-state index contributed by atoms with van der Waals surface area (Å²) in [7, 11) is 0. The van der Waals surface area contributed by atoms with Gasteiger partial charge in [-0.25, -0.2) is 0 Å². The summed E-state index contributed by atoms with van der Waals surface area (Å²) >= 11 is 0. The number of nitrogens with two attached hydrogens (primary N) is 2. The fraction of sp³-hybridized carbons (Fsp3) is 0.400. The molecule has 0 aliphatic carbocycles. The Kier molecular flexibility index (Phi) is 7.84. The molecule has 0 heterocycles. The van der Waals surface area contributed by atoms with Crippen LogP contribution in [0.15, 0.2) is 0 Å². The predicted molar refractivity (Wildman–Crippen MR) is 44.9 cm³/mol. The van der Waals surface area contributed by atoms with Crippen molar-refractivity contribution in [3.8, 4) is 0 Å². The van der Waals surface area contributed by atoms with Gasteiger partial charge in [-0.1, -0.05) is 6.92 Å². The number of aliphatic carboxylic acids is 1. The third kappa shape index (κ3) is 24.1. The van der Waals surface area contributed by atoms with Crippen molar-refractivity contribution in [2.45, 2.75) is 13.3 Å². The Labute approximate surface area is 69.8 Å². The molecule has 7 heteroatoms. The predicted octanol–water partition coefficient (Wildman–Crippen LogP) is -1.16. The van der Waals surface area contributed by atoms with Crippen molar-refractivity contribution in [3.63, 3.8) is 0 Å². The van der Waals surface area contributed by atoms with Crippen LogP contribution in [0.4, 0.5) is 0 Å². The molecule has 0 rings (SSSR count). The molecule has 0 amide bonds. The minimum absolute atomic E-state index is 0.222. The number of nitrogens with one attached hydrogen (secondary N) is 3. The number of carbonyl (C=O) groups is 1. The second kappa shape index (κ2) is 7.32. The molecule has 0 aliphatic heterocycles. The molecule has 0 saturated heterocycles. The van der Waals surface area contributed by atoms with E-state index in [0.29, 0.717) is 0 Å². The van der Waals surface area contributed by atoms with Crippen LogP contribution in [0, 0.1) is 10.8 Å². The first-order chi connectivity index (χ1) is 5.40. The van der Waals surface area contributed by atoms with E-state index in [0.717, 1.165) is 0 Å². The minimum atomic E-state index is -0.745. The van der Waals surface area contributed by atoms with E-state index in [9.17, 15) is 4.79 Å². The van der Waals surface area contributed by atoms with Crippen LogP contribution in [-0.4, -0.2) is 23.0 Å². The molecule has 7 nitrogen and oxygen atoms in total. The van der Waals surface area contributed by atoms with Gasteiger partial charge in [0, 0.05) is 6.42 Å². The number of carboxylic acids is 1. The summed E-state index contributed by atoms with van der Waals surface area (Å²) in [6.07, 6.45) is 0.222. The first kappa shape index (κ1) is 12.8. The number of rotatable bonds is 1. The molecule has 0 spiro atoms. The van der Waals surface area contributed by atoms with E-state index in [4.69, 9.17) is 27.4 Å². The van der Waals surface area contributed by atoms with E-state index in [1.165, 1.54) is 0 Å². The van der Waals surface area contributed by atoms with Crippen LogP contribution < -0.4 is 16.8 Å². The van der Waals surface area contributed by atoms with Crippen molar-refractivity contribution in [2.24, 2.45) is 11.5 Å². The molecule has 0 aromatic rings. The van der Waals surface area contributed by atoms with Crippen molar-refractivity contribution in [1.82, 2.24) is 5.32 Å². The average Bonchev–Trinajstić information content (AvgIpc) is 1.85. The molecular weight excluding hydrogens is 162 g/mol. The Bertz CT molecular complexity index is 167. The van der Waals surface area contributed by atoms with E-state index >= 15 is 0 Å². The quantitative estimate of drug-likeness (QED) is 0.219. The third-order valence-electron chi connectivity index (χ3n) is 0.572. The second-order valence-corrected chi connectivity index (χ2v) is 1.70. The zero-order chi connectivity index (χ0) is 10.1. The topological polar surface area (TPSA) is 149 Å². The summed E-state index contributed by atoms with van der Waals surface area (Å²) in [5.74, 6) is -1.37. The van der Waals surface area contributed by atoms with Crippen molar-refractivity contribution in [3.05, 3.63) is 0 Å². The van der Waals surface area contributed by atoms with Crippen LogP contribution in [-0.2, 0) is 4.79 Å². The summed E-state index contributed by atoms with van der Waals surface area (Å²) in [6.45, 7) is 1.60. The minimum Gasteiger partial charge on any atom is -0.481 e. The van der Waals surface area contributed by atoms with Crippen molar-refractivity contribution < 1.29 is 9.90 Å². The highest BCUT2D eigenvalue weighted by Gasteiger charge is 1.83. The summed E-state index contributed by atoms with van der Waals surface area (Å²) in [6, 6.07) is 0. The van der Waals surface area contributed by atoms with Crippen molar-refractivity contribution in [2.75, 3.05) is 0 Å². The lowest BCUT2D eigenvalue weighted by atomic mass is 10.5. The van der Waals surface area contributed by atoms with Gasteiger partial charge in [0.05, 0.1) is 0 Å². The molecule has 0 radical (unpaired) electrons. The highest BCUT2D eigenvalue weighted by molar-refractivity contribution is 5.93. The Morgan fingerprint density at radius 3 is 1.67 bits per heavy atom. The van der Waals surface area contributed by atoms with Crippen molar-refractivity contribution >= 4 is 17.9 Å². The molecule has 70 valence electrons. The fourth-order valence-corrected chi connectivity index (χ4v) is 0.145. The van der Waals surface area contributed by atoms with E-state index in [1.54, 1.807) is 6.92 Å². The van der Waals surface area contributed by atoms with E-state index in [-0.39, 0.29) is 18.3 Å². The summed E-state index contributed by atoms with van der Waals surface area (Å²) in [4.78, 5) is 9.37. The van der Waals surface area contributed by atoms with Crippen LogP contribution in [0.2, 0.25) is 0 Å². The van der Waals surface area contributed by atoms with E-state index in [2.05, 4.69) is 0 Å². The molecule has 0 bridgehead atoms. The second-order valence-electron chi connectivity index (χ2n) is 1.70. The smallest absolute Gasteiger partial charge is 0.303 e. The van der Waals surface area contributed by atoms with Gasteiger partial charge in [0.25, 0.3) is 0 Å². The van der Waals surface area contributed by atoms with E-state index in [1.807, 2.05) is 5.32 Å². The van der Waals surface area contributed by atoms with Crippen LogP contribution in [0.5, 0.6) is 0 Å². The summed E-state index contributed by atoms with van der Waals surface area (Å²) in [5, 5.41) is 22.7. The van der Waals surface area contributed by atoms with E-state index < -0.39 is 5.97 Å². The average molecular weight is 175 g/mol. The lowest BCUT2D eigenvalue weighted by Crippen LogP contribution is -2.39. The van der Waals surface area contributed by atoms with Gasteiger partial charge in [0.15, 0.2) is 11.9 Å². The molecular formula is C5H13N5O2. The maximum atomic E-state index is 9.37. The lowest BCUT2D eigenvalue weighted by Gasteiger charge is -1.95. The number of carboxylic acid groups (broad SMARTS) is 1. The van der Waals surface area contributed by atoms with Gasteiger partial charge in [0.1, 0.15) is 0 Å². The standard InChI is InChI=1S/C3H6O2.C2H7N5/c1-2-3(4)5;3-1(4)7-2(5)6/h2H2,1H3,(H,4,5);(H7,3,4,5,6,7). The summed E-state index contributed by atoms with van der Waals surface area (Å²) < 4.78 is 0. The van der Waals surface area contributed by atoms with Gasteiger partial charge in [0.2, 0.25) is 0 Å². The Morgan fingerprint density at radius 1 is 1.42 bits per heavy atom. The zero-order valence-corrected chi connectivity index (χ0v) is 6.72. The first-order valence-corrected chi connectivity index (χ1v) is 3.07. The van der Waals surface area contributed by atoms with Gasteiger partial charge in [-0.15, -0.1) is 0 Å². The fourth-order valence-electron chi connectivity index (χ4n) is 0.145. The maximum absolute atomic E-state index is 9.37. The third-order valence-corrected chi connectivity index (χ3v) is 0.572. The van der Waals surface area contributed by atoms with Crippen LogP contribution in [0.3, 0.4) is 0 Å². The SMILES string of the molecule is CCC(=O)O.N=C(N)NC(=N)N. The normalized spacial score (nSPS) is 7.42. The van der Waals surface area contributed by atoms with Gasteiger partial charge >= 0.3 is 5.97 Å². The summed E-state index contributed by atoms with van der Waals surface area (Å²) in [5.41, 5.74) is 9.49. The van der Waals surface area contributed by atoms with Crippen LogP contribution >= 0.6 is 0 Å². The molecule has 0 fully saturated rings. The number of hydrogen-bond acceptors (Lipinski definition) is 3. The molecule has 12 heavy (non-hydrogen) atoms. The number of hydrogen-bond donors (Lipinski definition) is 6. The molecule has 0 aromatic heterocycles. The van der Waals surface area contributed by atoms with Crippen LogP contribution in [0.25, 0.3) is 0 Å². The number of guanidine groups is 2. The van der Waals surface area contributed by atoms with Gasteiger partial charge < -0.3 is 16.6 Å². The monoisotopic (exact) mass is 175 g/mol. The molecule has 0 saturated carbocycles. The van der Waals surface area contributed by atoms with Crippen molar-refractivity contribution in [1.29, 1.82) is 10.8 Å². The maximum Gasteiger partial charge on any atom is 0.303 e. The van der Waals surface area contributed by atoms with Gasteiger partial charge in [-0.05, 0) is 0 Å². The molecule has 0 aromatic carbocycles. The zero-order valence-electron chi connectivity index (χ0n) is 6.72. The lowest BCUT2D eigenvalue weighted by molar-refractivity contribution is -0.136. The first-order valence-electron chi connectivity index (χ1n) is 3.07. The molecule has 0 aliphatic rings. The Balaban J connectivity index is 0. The Hall–Kier alpha value is -1.79. The Morgan fingerprint density at radius 2 is 1.67 bits per heavy atom. The molecule has 8 N–H and O–H groups in total. The highest BCUT2D eigenvalue weighted by atomic mass is 16.4. The molecule has 0 unspecified atom stereocenters.